The van der Waals surface area contributed by atoms with E-state index in [-0.39, 0.29) is 19.8 Å². The first kappa shape index (κ1) is 23.5. The zero-order valence-electron chi connectivity index (χ0n) is 18.3. The summed E-state index contributed by atoms with van der Waals surface area (Å²) in [6.07, 6.45) is -5.83. The molecule has 1 aliphatic heterocycles. The van der Waals surface area contributed by atoms with E-state index >= 15 is 4.39 Å². The fourth-order valence-electron chi connectivity index (χ4n) is 3.78. The van der Waals surface area contributed by atoms with E-state index < -0.39 is 30.8 Å². The van der Waals surface area contributed by atoms with Crippen molar-refractivity contribution >= 4 is 0 Å². The normalized spacial score (nSPS) is 25.1. The van der Waals surface area contributed by atoms with Crippen LogP contribution in [0, 0.1) is 0 Å². The van der Waals surface area contributed by atoms with Crippen LogP contribution in [0.1, 0.15) is 16.7 Å². The van der Waals surface area contributed by atoms with Crippen molar-refractivity contribution in [3.8, 4) is 0 Å². The van der Waals surface area contributed by atoms with Gasteiger partial charge < -0.3 is 24.1 Å². The molecule has 1 saturated heterocycles. The van der Waals surface area contributed by atoms with Gasteiger partial charge in [-0.15, -0.1) is 0 Å². The zero-order chi connectivity index (χ0) is 22.9. The Morgan fingerprint density at radius 3 is 1.64 bits per heavy atom. The van der Waals surface area contributed by atoms with Crippen molar-refractivity contribution in [2.24, 2.45) is 0 Å². The van der Waals surface area contributed by atoms with E-state index in [1.165, 1.54) is 0 Å². The first-order chi connectivity index (χ1) is 16.2. The maximum absolute atomic E-state index is 15.6. The average molecular weight is 453 g/mol. The van der Waals surface area contributed by atoms with Crippen molar-refractivity contribution in [2.45, 2.75) is 50.6 Å². The van der Waals surface area contributed by atoms with Crippen molar-refractivity contribution in [2.75, 3.05) is 6.61 Å². The highest BCUT2D eigenvalue weighted by Gasteiger charge is 2.47. The van der Waals surface area contributed by atoms with E-state index in [0.29, 0.717) is 6.61 Å². The number of alkyl halides is 1. The highest BCUT2D eigenvalue weighted by molar-refractivity contribution is 5.15. The van der Waals surface area contributed by atoms with Crippen molar-refractivity contribution in [1.29, 1.82) is 0 Å². The molecule has 1 heterocycles. The van der Waals surface area contributed by atoms with Crippen molar-refractivity contribution in [1.82, 2.24) is 0 Å². The van der Waals surface area contributed by atoms with Gasteiger partial charge in [-0.1, -0.05) is 91.0 Å². The molecule has 1 aliphatic rings. The third-order valence-corrected chi connectivity index (χ3v) is 5.55. The predicted octanol–water partition coefficient (Wildman–Crippen LogP) is 4.43. The lowest BCUT2D eigenvalue weighted by molar-refractivity contribution is -0.298. The molecule has 4 rings (SSSR count). The van der Waals surface area contributed by atoms with Crippen LogP contribution in [0.2, 0.25) is 0 Å². The van der Waals surface area contributed by atoms with Crippen LogP contribution >= 0.6 is 0 Å². The summed E-state index contributed by atoms with van der Waals surface area (Å²) in [5.41, 5.74) is 2.80. The van der Waals surface area contributed by atoms with Gasteiger partial charge in [0, 0.05) is 0 Å². The van der Waals surface area contributed by atoms with Gasteiger partial charge in [0.2, 0.25) is 0 Å². The number of rotatable bonds is 10. The van der Waals surface area contributed by atoms with E-state index in [1.54, 1.807) is 0 Å². The van der Waals surface area contributed by atoms with Crippen LogP contribution in [0.4, 0.5) is 4.39 Å². The molecule has 0 radical (unpaired) electrons. The largest absolute Gasteiger partial charge is 0.374 e. The van der Waals surface area contributed by atoms with E-state index in [0.717, 1.165) is 16.7 Å². The minimum atomic E-state index is -1.53. The second kappa shape index (κ2) is 12.0. The highest BCUT2D eigenvalue weighted by Crippen LogP contribution is 2.29. The molecule has 3 aromatic carbocycles. The molecule has 174 valence electrons. The van der Waals surface area contributed by atoms with Gasteiger partial charge in [0.15, 0.2) is 12.5 Å². The quantitative estimate of drug-likeness (QED) is 0.493. The predicted molar refractivity (Wildman–Crippen MR) is 122 cm³/mol. The van der Waals surface area contributed by atoms with Gasteiger partial charge in [0.25, 0.3) is 0 Å². The Morgan fingerprint density at radius 2 is 1.12 bits per heavy atom. The Balaban J connectivity index is 1.41. The van der Waals surface area contributed by atoms with Crippen LogP contribution < -0.4 is 0 Å². The van der Waals surface area contributed by atoms with Gasteiger partial charge in [-0.2, -0.15) is 0 Å². The molecule has 6 heteroatoms. The summed E-state index contributed by atoms with van der Waals surface area (Å²) in [5, 5.41) is 10.7. The van der Waals surface area contributed by atoms with Gasteiger partial charge in [-0.3, -0.25) is 0 Å². The number of aliphatic hydroxyl groups excluding tert-OH is 1. The molecule has 3 unspecified atom stereocenters. The molecule has 5 atom stereocenters. The summed E-state index contributed by atoms with van der Waals surface area (Å²) >= 11 is 0. The van der Waals surface area contributed by atoms with Crippen molar-refractivity contribution < 1.29 is 28.4 Å². The van der Waals surface area contributed by atoms with E-state index in [9.17, 15) is 5.11 Å². The Kier molecular flexibility index (Phi) is 8.58. The first-order valence-corrected chi connectivity index (χ1v) is 11.1. The number of halogens is 1. The Bertz CT molecular complexity index is 941. The molecular weight excluding hydrogens is 423 g/mol. The van der Waals surface area contributed by atoms with Crippen LogP contribution in [0.3, 0.4) is 0 Å². The third-order valence-electron chi connectivity index (χ3n) is 5.55. The lowest BCUT2D eigenvalue weighted by Gasteiger charge is -2.41. The van der Waals surface area contributed by atoms with E-state index in [4.69, 9.17) is 18.9 Å². The molecule has 0 aliphatic carbocycles. The molecule has 0 saturated carbocycles. The van der Waals surface area contributed by atoms with Crippen LogP contribution in [0.5, 0.6) is 0 Å². The zero-order valence-corrected chi connectivity index (χ0v) is 18.3. The van der Waals surface area contributed by atoms with Gasteiger partial charge >= 0.3 is 0 Å². The van der Waals surface area contributed by atoms with Crippen LogP contribution in [-0.2, 0) is 38.8 Å². The summed E-state index contributed by atoms with van der Waals surface area (Å²) in [5.74, 6) is 0. The first-order valence-electron chi connectivity index (χ1n) is 11.1. The van der Waals surface area contributed by atoms with Crippen molar-refractivity contribution in [3.05, 3.63) is 108 Å². The number of hydrogen-bond donors (Lipinski definition) is 1. The molecule has 5 nitrogen and oxygen atoms in total. The fourth-order valence-corrected chi connectivity index (χ4v) is 3.78. The monoisotopic (exact) mass is 452 g/mol. The minimum absolute atomic E-state index is 0.0102. The van der Waals surface area contributed by atoms with E-state index in [1.807, 2.05) is 91.0 Å². The molecule has 0 aromatic heterocycles. The van der Waals surface area contributed by atoms with Crippen LogP contribution in [0.25, 0.3) is 0 Å². The number of ether oxygens (including phenoxy) is 4. The fraction of sp³-hybridized carbons (Fsp3) is 0.333. The van der Waals surface area contributed by atoms with Crippen molar-refractivity contribution in [3.63, 3.8) is 0 Å². The number of hydrogen-bond acceptors (Lipinski definition) is 5. The lowest BCUT2D eigenvalue weighted by Crippen LogP contribution is -2.58. The Labute approximate surface area is 193 Å². The Hall–Kier alpha value is -2.61. The molecule has 1 fully saturated rings. The molecule has 1 N–H and O–H groups in total. The summed E-state index contributed by atoms with van der Waals surface area (Å²) in [4.78, 5) is 0. The van der Waals surface area contributed by atoms with Gasteiger partial charge in [-0.25, -0.2) is 4.39 Å². The maximum Gasteiger partial charge on any atom is 0.184 e. The Morgan fingerprint density at radius 1 is 0.667 bits per heavy atom. The summed E-state index contributed by atoms with van der Waals surface area (Å²) in [7, 11) is 0. The number of benzene rings is 3. The summed E-state index contributed by atoms with van der Waals surface area (Å²) in [6, 6.07) is 28.6. The van der Waals surface area contributed by atoms with Gasteiger partial charge in [0.05, 0.1) is 26.4 Å². The second-order valence-electron chi connectivity index (χ2n) is 8.03. The molecule has 0 bridgehead atoms. The summed E-state index contributed by atoms with van der Waals surface area (Å²) < 4.78 is 38.7. The third kappa shape index (κ3) is 6.69. The molecule has 0 amide bonds. The average Bonchev–Trinajstić information content (AvgIpc) is 2.86. The standard InChI is InChI=1S/C27H29FO5/c28-24-23(19-30-16-20-10-4-1-5-11-20)33-27(29)26(32-18-22-14-8-3-9-15-22)25(24)31-17-21-12-6-2-7-13-21/h1-15,23-27,29H,16-19H2/t23?,24-,25+,26?,27?/m1/s1. The molecule has 0 spiro atoms. The lowest BCUT2D eigenvalue weighted by atomic mass is 9.99. The minimum Gasteiger partial charge on any atom is -0.374 e. The van der Waals surface area contributed by atoms with Gasteiger partial charge in [0.1, 0.15) is 18.3 Å². The van der Waals surface area contributed by atoms with Gasteiger partial charge in [-0.05, 0) is 16.7 Å². The topological polar surface area (TPSA) is 57.2 Å². The highest BCUT2D eigenvalue weighted by atomic mass is 19.1. The number of aliphatic hydroxyl groups is 1. The second-order valence-corrected chi connectivity index (χ2v) is 8.03. The van der Waals surface area contributed by atoms with E-state index in [2.05, 4.69) is 0 Å². The molecule has 33 heavy (non-hydrogen) atoms. The van der Waals surface area contributed by atoms with Crippen LogP contribution in [-0.4, -0.2) is 42.5 Å². The van der Waals surface area contributed by atoms with Crippen LogP contribution in [0.15, 0.2) is 91.0 Å². The maximum atomic E-state index is 15.6. The SMILES string of the molecule is OC1OC(COCc2ccccc2)[C@@H](F)[C@H](OCc2ccccc2)C1OCc1ccccc1. The molecular formula is C27H29FO5. The summed E-state index contributed by atoms with van der Waals surface area (Å²) in [6.45, 7) is 0.719. The molecule has 3 aromatic rings. The smallest absolute Gasteiger partial charge is 0.184 e.